The molecule has 2 fully saturated rings. The van der Waals surface area contributed by atoms with Gasteiger partial charge >= 0.3 is 6.03 Å². The minimum Gasteiger partial charge on any atom is -0.332 e. The third-order valence-corrected chi connectivity index (χ3v) is 7.34. The summed E-state index contributed by atoms with van der Waals surface area (Å²) in [5.74, 6) is -0.106. The van der Waals surface area contributed by atoms with Gasteiger partial charge in [-0.3, -0.25) is 4.79 Å². The summed E-state index contributed by atoms with van der Waals surface area (Å²) in [5.41, 5.74) is 0.723. The number of sulfone groups is 1. The Labute approximate surface area is 155 Å². The lowest BCUT2D eigenvalue weighted by Crippen LogP contribution is -2.39. The SMILES string of the molecule is O=C(CCCC[C@@H]1[C@H]2NC(=O)N[C@H]2CS1(=O)=O)Nc1cccc(Br)c1. The number of rotatable bonds is 6. The molecule has 7 nitrogen and oxygen atoms in total. The molecule has 0 spiro atoms. The largest absolute Gasteiger partial charge is 0.332 e. The van der Waals surface area contributed by atoms with Gasteiger partial charge in [-0.15, -0.1) is 0 Å². The quantitative estimate of drug-likeness (QED) is 0.473. The number of halogens is 1. The first-order chi connectivity index (χ1) is 11.8. The van der Waals surface area contributed by atoms with Crippen LogP contribution in [0.15, 0.2) is 28.7 Å². The van der Waals surface area contributed by atoms with Crippen LogP contribution in [0, 0.1) is 0 Å². The molecule has 136 valence electrons. The van der Waals surface area contributed by atoms with Crippen molar-refractivity contribution in [2.45, 2.75) is 43.0 Å². The maximum Gasteiger partial charge on any atom is 0.315 e. The number of benzene rings is 1. The van der Waals surface area contributed by atoms with Crippen LogP contribution < -0.4 is 16.0 Å². The zero-order valence-electron chi connectivity index (χ0n) is 13.5. The molecule has 0 aromatic heterocycles. The van der Waals surface area contributed by atoms with E-state index in [1.54, 1.807) is 0 Å². The van der Waals surface area contributed by atoms with E-state index in [0.29, 0.717) is 25.7 Å². The van der Waals surface area contributed by atoms with E-state index in [2.05, 4.69) is 31.9 Å². The van der Waals surface area contributed by atoms with Crippen LogP contribution in [-0.2, 0) is 14.6 Å². The molecule has 25 heavy (non-hydrogen) atoms. The molecule has 9 heteroatoms. The van der Waals surface area contributed by atoms with Crippen molar-refractivity contribution >= 4 is 43.4 Å². The molecule has 3 N–H and O–H groups in total. The highest BCUT2D eigenvalue weighted by Crippen LogP contribution is 2.28. The molecule has 1 aromatic carbocycles. The predicted molar refractivity (Wildman–Crippen MR) is 98.1 cm³/mol. The summed E-state index contributed by atoms with van der Waals surface area (Å²) in [4.78, 5) is 23.3. The van der Waals surface area contributed by atoms with Crippen LogP contribution in [0.5, 0.6) is 0 Å². The molecule has 3 rings (SSSR count). The van der Waals surface area contributed by atoms with Crippen LogP contribution in [-0.4, -0.2) is 43.4 Å². The van der Waals surface area contributed by atoms with E-state index in [9.17, 15) is 18.0 Å². The fourth-order valence-electron chi connectivity index (χ4n) is 3.43. The molecule has 3 atom stereocenters. The summed E-state index contributed by atoms with van der Waals surface area (Å²) in [6.07, 6.45) is 2.01. The van der Waals surface area contributed by atoms with Gasteiger partial charge in [0.25, 0.3) is 0 Å². The summed E-state index contributed by atoms with van der Waals surface area (Å²) in [6, 6.07) is 6.36. The van der Waals surface area contributed by atoms with Gasteiger partial charge in [-0.1, -0.05) is 28.4 Å². The van der Waals surface area contributed by atoms with Crippen molar-refractivity contribution in [3.8, 4) is 0 Å². The number of unbranched alkanes of at least 4 members (excludes halogenated alkanes) is 1. The van der Waals surface area contributed by atoms with Crippen LogP contribution in [0.25, 0.3) is 0 Å². The van der Waals surface area contributed by atoms with E-state index in [1.165, 1.54) is 0 Å². The van der Waals surface area contributed by atoms with Crippen molar-refractivity contribution < 1.29 is 18.0 Å². The molecule has 3 amide bonds. The summed E-state index contributed by atoms with van der Waals surface area (Å²) >= 11 is 3.35. The van der Waals surface area contributed by atoms with Crippen molar-refractivity contribution in [2.24, 2.45) is 0 Å². The molecule has 0 unspecified atom stereocenters. The number of nitrogens with one attached hydrogen (secondary N) is 3. The number of urea groups is 1. The zero-order valence-corrected chi connectivity index (χ0v) is 15.9. The number of anilines is 1. The summed E-state index contributed by atoms with van der Waals surface area (Å²) in [7, 11) is -3.21. The lowest BCUT2D eigenvalue weighted by molar-refractivity contribution is -0.116. The predicted octanol–water partition coefficient (Wildman–Crippen LogP) is 1.80. The van der Waals surface area contributed by atoms with Crippen molar-refractivity contribution in [1.29, 1.82) is 0 Å². The highest BCUT2D eigenvalue weighted by molar-refractivity contribution is 9.10. The third kappa shape index (κ3) is 4.33. The van der Waals surface area contributed by atoms with Crippen LogP contribution >= 0.6 is 15.9 Å². The van der Waals surface area contributed by atoms with Gasteiger partial charge in [0.05, 0.1) is 23.1 Å². The Morgan fingerprint density at radius 1 is 1.28 bits per heavy atom. The van der Waals surface area contributed by atoms with E-state index in [4.69, 9.17) is 0 Å². The molecule has 2 saturated heterocycles. The Morgan fingerprint density at radius 2 is 2.08 bits per heavy atom. The standard InChI is InChI=1S/C16H20BrN3O4S/c17-10-4-3-5-11(8-10)18-14(21)7-2-1-6-13-15-12(9-25(13,23)24)19-16(22)20-15/h3-5,8,12-13,15H,1-2,6-7,9H2,(H,18,21)(H2,19,20,22)/t12-,13+,15-/m0/s1. The molecule has 0 saturated carbocycles. The average Bonchev–Trinajstić information content (AvgIpc) is 2.96. The van der Waals surface area contributed by atoms with Crippen LogP contribution in [0.2, 0.25) is 0 Å². The zero-order chi connectivity index (χ0) is 18.0. The molecule has 2 aliphatic heterocycles. The maximum atomic E-state index is 12.2. The van der Waals surface area contributed by atoms with Crippen LogP contribution in [0.4, 0.5) is 10.5 Å². The van der Waals surface area contributed by atoms with E-state index >= 15 is 0 Å². The van der Waals surface area contributed by atoms with Gasteiger partial charge in [0.1, 0.15) is 0 Å². The highest BCUT2D eigenvalue weighted by atomic mass is 79.9. The lowest BCUT2D eigenvalue weighted by atomic mass is 10.0. The summed E-state index contributed by atoms with van der Waals surface area (Å²) in [6.45, 7) is 0. The second-order valence-corrected chi connectivity index (χ2v) is 9.60. The second kappa shape index (κ2) is 7.33. The van der Waals surface area contributed by atoms with Gasteiger partial charge in [0, 0.05) is 16.6 Å². The number of carbonyl (C=O) groups excluding carboxylic acids is 2. The monoisotopic (exact) mass is 429 g/mol. The number of carbonyl (C=O) groups is 2. The number of hydrogen-bond acceptors (Lipinski definition) is 4. The lowest BCUT2D eigenvalue weighted by Gasteiger charge is -2.16. The molecular weight excluding hydrogens is 410 g/mol. The highest BCUT2D eigenvalue weighted by Gasteiger charge is 2.51. The summed E-state index contributed by atoms with van der Waals surface area (Å²) < 4.78 is 25.3. The third-order valence-electron chi connectivity index (χ3n) is 4.57. The Hall–Kier alpha value is -1.61. The summed E-state index contributed by atoms with van der Waals surface area (Å²) in [5, 5.41) is 7.59. The van der Waals surface area contributed by atoms with E-state index in [0.717, 1.165) is 10.2 Å². The Balaban J connectivity index is 1.45. The van der Waals surface area contributed by atoms with Crippen LogP contribution in [0.1, 0.15) is 25.7 Å². The van der Waals surface area contributed by atoms with Crippen molar-refractivity contribution in [2.75, 3.05) is 11.1 Å². The maximum absolute atomic E-state index is 12.2. The number of hydrogen-bond donors (Lipinski definition) is 3. The van der Waals surface area contributed by atoms with Gasteiger partial charge in [0.15, 0.2) is 9.84 Å². The fourth-order valence-corrected chi connectivity index (χ4v) is 6.09. The minimum atomic E-state index is -3.21. The van der Waals surface area contributed by atoms with Gasteiger partial charge < -0.3 is 16.0 Å². The Bertz CT molecular complexity index is 783. The Morgan fingerprint density at radius 3 is 2.84 bits per heavy atom. The van der Waals surface area contributed by atoms with Gasteiger partial charge in [-0.05, 0) is 31.0 Å². The van der Waals surface area contributed by atoms with Crippen molar-refractivity contribution in [1.82, 2.24) is 10.6 Å². The Kier molecular flexibility index (Phi) is 5.33. The van der Waals surface area contributed by atoms with Crippen molar-refractivity contribution in [3.63, 3.8) is 0 Å². The van der Waals surface area contributed by atoms with Gasteiger partial charge in [-0.25, -0.2) is 13.2 Å². The molecule has 2 aliphatic rings. The first kappa shape index (κ1) is 18.2. The molecule has 0 radical (unpaired) electrons. The molecule has 0 aliphatic carbocycles. The number of fused-ring (bicyclic) bond motifs is 1. The molecule has 2 heterocycles. The van der Waals surface area contributed by atoms with E-state index in [1.807, 2.05) is 24.3 Å². The first-order valence-electron chi connectivity index (χ1n) is 8.19. The fraction of sp³-hybridized carbons (Fsp3) is 0.500. The normalized spacial score (nSPS) is 26.6. The van der Waals surface area contributed by atoms with E-state index in [-0.39, 0.29) is 29.8 Å². The number of amides is 3. The second-order valence-electron chi connectivity index (χ2n) is 6.42. The van der Waals surface area contributed by atoms with E-state index < -0.39 is 15.1 Å². The van der Waals surface area contributed by atoms with Crippen LogP contribution in [0.3, 0.4) is 0 Å². The average molecular weight is 430 g/mol. The molecule has 1 aromatic rings. The minimum absolute atomic E-state index is 0.00948. The van der Waals surface area contributed by atoms with Gasteiger partial charge in [-0.2, -0.15) is 0 Å². The van der Waals surface area contributed by atoms with Crippen molar-refractivity contribution in [3.05, 3.63) is 28.7 Å². The molecular formula is C16H20BrN3O4S. The van der Waals surface area contributed by atoms with Gasteiger partial charge in [0.2, 0.25) is 5.91 Å². The first-order valence-corrected chi connectivity index (χ1v) is 10.7. The molecule has 0 bridgehead atoms. The smallest absolute Gasteiger partial charge is 0.315 e. The topological polar surface area (TPSA) is 104 Å².